The summed E-state index contributed by atoms with van der Waals surface area (Å²) in [7, 11) is 7.55. The minimum atomic E-state index is -4.87. The molecule has 2 aliphatic heterocycles. The Morgan fingerprint density at radius 2 is 1.00 bits per heavy atom. The van der Waals surface area contributed by atoms with E-state index in [2.05, 4.69) is 37.3 Å². The second-order valence-corrected chi connectivity index (χ2v) is 18.9. The van der Waals surface area contributed by atoms with Crippen molar-refractivity contribution in [1.82, 2.24) is 19.6 Å². The summed E-state index contributed by atoms with van der Waals surface area (Å²) >= 11 is 9.71. The van der Waals surface area contributed by atoms with Crippen molar-refractivity contribution in [3.8, 4) is 17.6 Å². The molecule has 0 radical (unpaired) electrons. The lowest BCUT2D eigenvalue weighted by atomic mass is 9.89. The van der Waals surface area contributed by atoms with Gasteiger partial charge in [-0.2, -0.15) is 10.3 Å². The van der Waals surface area contributed by atoms with E-state index in [4.69, 9.17) is 23.2 Å². The third-order valence-corrected chi connectivity index (χ3v) is 12.6. The fraction of sp³-hybridized carbons (Fsp3) is 0.190. The van der Waals surface area contributed by atoms with Gasteiger partial charge in [0, 0.05) is 77.1 Å². The average Bonchev–Trinajstić information content (AvgIpc) is 1.99. The number of isothiocyanates is 1. The number of anilines is 3. The summed E-state index contributed by atoms with van der Waals surface area (Å²) in [6.07, 6.45) is -9.60. The molecule has 8 aromatic rings. The van der Waals surface area contributed by atoms with Gasteiger partial charge in [-0.05, 0) is 135 Å². The Morgan fingerprint density at radius 3 is 1.51 bits per heavy atom. The zero-order chi connectivity index (χ0) is 58.9. The fourth-order valence-electron chi connectivity index (χ4n) is 9.00. The van der Waals surface area contributed by atoms with Crippen LogP contribution in [0.25, 0.3) is 43.1 Å². The number of imide groups is 2. The molecule has 0 unspecified atom stereocenters. The van der Waals surface area contributed by atoms with Crippen molar-refractivity contribution in [3.05, 3.63) is 156 Å². The van der Waals surface area contributed by atoms with E-state index < -0.39 is 30.1 Å². The van der Waals surface area contributed by atoms with Gasteiger partial charge in [-0.3, -0.25) is 29.0 Å². The number of nitriles is 1. The number of nitrogen functional groups attached to an aromatic ring is 1. The first kappa shape index (κ1) is 59.6. The smallest absolute Gasteiger partial charge is 0.404 e. The van der Waals surface area contributed by atoms with Crippen LogP contribution in [0, 0.1) is 11.3 Å². The number of ether oxygens (including phenoxy) is 2. The van der Waals surface area contributed by atoms with Crippen LogP contribution in [0.2, 0.25) is 0 Å². The molecule has 4 N–H and O–H groups in total. The lowest BCUT2D eigenvalue weighted by molar-refractivity contribution is -0.275. The van der Waals surface area contributed by atoms with Gasteiger partial charge < -0.3 is 35.6 Å². The molecule has 8 aromatic carbocycles. The van der Waals surface area contributed by atoms with Gasteiger partial charge in [0.15, 0.2) is 16.6 Å². The zero-order valence-electron chi connectivity index (χ0n) is 43.8. The summed E-state index contributed by atoms with van der Waals surface area (Å²) in [6.45, 7) is 3.10. The van der Waals surface area contributed by atoms with Crippen LogP contribution < -0.4 is 25.8 Å². The Labute approximate surface area is 470 Å². The van der Waals surface area contributed by atoms with E-state index in [0.717, 1.165) is 33.0 Å². The molecular weight excluding hydrogens is 1100 g/mol. The topological polar surface area (TPSA) is 186 Å². The number of amides is 4. The van der Waals surface area contributed by atoms with Gasteiger partial charge in [-0.25, -0.2) is 0 Å². The number of nitrogens with one attached hydrogen (secondary N) is 2. The Kier molecular flexibility index (Phi) is 18.7. The highest BCUT2D eigenvalue weighted by Gasteiger charge is 2.37. The van der Waals surface area contributed by atoms with Crippen molar-refractivity contribution in [3.63, 3.8) is 0 Å². The molecule has 2 aliphatic rings. The number of rotatable bonds is 11. The number of benzene rings is 8. The van der Waals surface area contributed by atoms with Crippen LogP contribution in [0.3, 0.4) is 0 Å². The van der Waals surface area contributed by atoms with E-state index in [1.165, 1.54) is 53.1 Å². The molecule has 0 atom stereocenters. The van der Waals surface area contributed by atoms with Crippen LogP contribution in [0.15, 0.2) is 138 Å². The molecule has 10 rings (SSSR count). The van der Waals surface area contributed by atoms with Crippen LogP contribution in [-0.2, 0) is 0 Å². The quantitative estimate of drug-likeness (QED) is 0.0277. The van der Waals surface area contributed by atoms with Gasteiger partial charge in [0.25, 0.3) is 23.6 Å². The lowest BCUT2D eigenvalue weighted by Crippen LogP contribution is -2.43. The van der Waals surface area contributed by atoms with Crippen molar-refractivity contribution in [2.75, 3.05) is 70.7 Å². The second-order valence-electron chi connectivity index (χ2n) is 18.4. The molecule has 0 bridgehead atoms. The molecule has 0 aliphatic carbocycles. The van der Waals surface area contributed by atoms with E-state index in [0.29, 0.717) is 69.4 Å². The number of halogens is 6. The summed E-state index contributed by atoms with van der Waals surface area (Å²) < 4.78 is 81.9. The maximum atomic E-state index is 13.8. The van der Waals surface area contributed by atoms with Crippen LogP contribution >= 0.6 is 24.4 Å². The van der Waals surface area contributed by atoms with E-state index in [1.807, 2.05) is 91.7 Å². The molecule has 416 valence electrons. The molecule has 81 heavy (non-hydrogen) atoms. The van der Waals surface area contributed by atoms with Crippen LogP contribution in [0.5, 0.6) is 11.5 Å². The molecule has 4 amide bonds. The maximum absolute atomic E-state index is 13.8. The highest BCUT2D eigenvalue weighted by molar-refractivity contribution is 7.80. The summed E-state index contributed by atoms with van der Waals surface area (Å²) in [6, 6.07) is 38.5. The molecule has 0 spiro atoms. The second kappa shape index (κ2) is 25.4. The van der Waals surface area contributed by atoms with E-state index in [1.54, 1.807) is 48.5 Å². The molecule has 0 saturated carbocycles. The lowest BCUT2D eigenvalue weighted by Gasteiger charge is -2.29. The Balaban J connectivity index is 0.000000191. The minimum absolute atomic E-state index is 0.000162. The molecular formula is C58H49F6N9O6S2. The number of likely N-dealkylation sites (N-methyl/N-ethyl adjacent to an activating group) is 2. The predicted molar refractivity (Wildman–Crippen MR) is 307 cm³/mol. The Hall–Kier alpha value is -9.04. The molecule has 23 heteroatoms. The van der Waals surface area contributed by atoms with Gasteiger partial charge in [-0.1, -0.05) is 72.8 Å². The predicted octanol–water partition coefficient (Wildman–Crippen LogP) is 12.4. The van der Waals surface area contributed by atoms with Gasteiger partial charge in [-0.15, -0.1) is 26.3 Å². The van der Waals surface area contributed by atoms with Gasteiger partial charge >= 0.3 is 12.7 Å². The standard InChI is InChI=1S/C28H23F3N4O3S.C20H19N3O2.C8H4F3NOS.C2H3N/c1-34(2)13-14-35-25(36)18-9-5-7-16-15-17-8-6-11-20(23(17)24(22(16)18)26(35)37)33-27(39)32-19-10-3-4-12-21(19)38-28(29,30)31;1-22(2)9-10-23-19(24)14-7-3-5-12-11-13-6-4-8-15(21)17(13)18(16(12)14)20(23)25;9-8(10,11)13-7-4-2-1-3-6(7)12-5-14;1-2-3/h3-12,15H,13-14H2,1-2H3,(H2,32,33,39);3-8,11H,9-10,21H2,1-2H3;1-4H;1H3. The van der Waals surface area contributed by atoms with Crippen LogP contribution in [-0.4, -0.2) is 121 Å². The number of para-hydroxylation sites is 4. The number of hydrogen-bond acceptors (Lipinski definition) is 13. The molecule has 0 aromatic heterocycles. The van der Waals surface area contributed by atoms with Crippen LogP contribution in [0.1, 0.15) is 48.4 Å². The maximum Gasteiger partial charge on any atom is 0.573 e. The highest BCUT2D eigenvalue weighted by Crippen LogP contribution is 2.41. The third kappa shape index (κ3) is 13.9. The number of carbonyl (C=O) groups is 4. The Morgan fingerprint density at radius 1 is 0.593 bits per heavy atom. The number of nitrogens with two attached hydrogens (primary N) is 1. The molecule has 15 nitrogen and oxygen atoms in total. The summed E-state index contributed by atoms with van der Waals surface area (Å²) in [5, 5.41) is 20.9. The number of thiocarbonyl (C=S) groups is 2. The first-order valence-electron chi connectivity index (χ1n) is 24.4. The van der Waals surface area contributed by atoms with Crippen molar-refractivity contribution in [2.24, 2.45) is 4.99 Å². The van der Waals surface area contributed by atoms with Crippen LogP contribution in [0.4, 0.5) is 49.1 Å². The van der Waals surface area contributed by atoms with E-state index in [9.17, 15) is 45.5 Å². The monoisotopic (exact) mass is 1150 g/mol. The Bertz CT molecular complexity index is 3860. The van der Waals surface area contributed by atoms with Crippen molar-refractivity contribution < 1.29 is 55.0 Å². The number of aliphatic imine (C=N–C) groups is 1. The normalized spacial score (nSPS) is 12.7. The average molecular weight is 1150 g/mol. The van der Waals surface area contributed by atoms with Gasteiger partial charge in [0.2, 0.25) is 0 Å². The van der Waals surface area contributed by atoms with Gasteiger partial charge in [0.1, 0.15) is 5.69 Å². The molecule has 0 fully saturated rings. The first-order chi connectivity index (χ1) is 38.5. The summed E-state index contributed by atoms with van der Waals surface area (Å²) in [5.41, 5.74) is 9.12. The minimum Gasteiger partial charge on any atom is -0.404 e. The SMILES string of the molecule is CC#N.CN(C)CCN1C(=O)c2cccc3cc4cccc(N)c4c(c23)C1=O.CN(C)CCN1C(=O)c2cccc3cc4cccc(NC(=S)Nc5ccccc5OC(F)(F)F)c4c(c23)C1=O.FC(F)(F)Oc1ccccc1N=C=S. The molecule has 2 heterocycles. The largest absolute Gasteiger partial charge is 0.573 e. The number of fused-ring (bicyclic) bond motifs is 4. The number of carbonyl (C=O) groups excluding carboxylic acids is 4. The van der Waals surface area contributed by atoms with Crippen molar-refractivity contribution in [2.45, 2.75) is 19.6 Å². The zero-order valence-corrected chi connectivity index (χ0v) is 45.5. The van der Waals surface area contributed by atoms with Gasteiger partial charge in [0.05, 0.1) is 28.0 Å². The highest BCUT2D eigenvalue weighted by atomic mass is 32.1. The number of alkyl halides is 6. The van der Waals surface area contributed by atoms with Crippen molar-refractivity contribution >= 4 is 124 Å². The third-order valence-electron chi connectivity index (χ3n) is 12.3. The number of nitrogens with zero attached hydrogens (tertiary/aromatic N) is 6. The molecule has 0 saturated heterocycles. The fourth-order valence-corrected chi connectivity index (χ4v) is 9.32. The van der Waals surface area contributed by atoms with Crippen molar-refractivity contribution in [1.29, 1.82) is 5.26 Å². The number of hydrogen-bond donors (Lipinski definition) is 3. The van der Waals surface area contributed by atoms with E-state index >= 15 is 0 Å². The summed E-state index contributed by atoms with van der Waals surface area (Å²) in [4.78, 5) is 63.1. The summed E-state index contributed by atoms with van der Waals surface area (Å²) in [5.74, 6) is -2.12. The van der Waals surface area contributed by atoms with E-state index in [-0.39, 0.29) is 40.8 Å². The first-order valence-corrected chi connectivity index (χ1v) is 25.2.